The summed E-state index contributed by atoms with van der Waals surface area (Å²) >= 11 is 0. The Morgan fingerprint density at radius 3 is 2.83 bits per heavy atom. The van der Waals surface area contributed by atoms with E-state index in [1.54, 1.807) is 6.07 Å². The fraction of sp³-hybridized carbons (Fsp3) is 0.583. The Bertz CT molecular complexity index is 407. The Balaban J connectivity index is 2.32. The van der Waals surface area contributed by atoms with Crippen LogP contribution in [-0.2, 0) is 4.79 Å². The third kappa shape index (κ3) is 5.09. The Labute approximate surface area is 107 Å². The first-order valence-electron chi connectivity index (χ1n) is 5.85. The number of carbonyl (C=O) groups excluding carboxylic acids is 1. The molecular weight excluding hydrogens is 232 g/mol. The first kappa shape index (κ1) is 14.4. The van der Waals surface area contributed by atoms with Crippen molar-refractivity contribution in [1.29, 1.82) is 0 Å². The largest absolute Gasteiger partial charge is 0.477 e. The summed E-state index contributed by atoms with van der Waals surface area (Å²) in [5.41, 5.74) is 5.97. The summed E-state index contributed by atoms with van der Waals surface area (Å²) < 4.78 is 5.36. The summed E-state index contributed by atoms with van der Waals surface area (Å²) in [5.74, 6) is 0.393. The van der Waals surface area contributed by atoms with Crippen LogP contribution in [0.3, 0.4) is 0 Å². The second kappa shape index (κ2) is 6.30. The number of amides is 1. The van der Waals surface area contributed by atoms with Crippen molar-refractivity contribution in [1.82, 2.24) is 15.3 Å². The molecule has 0 unspecified atom stereocenters. The Morgan fingerprint density at radius 2 is 2.22 bits per heavy atom. The van der Waals surface area contributed by atoms with Crippen LogP contribution in [0.5, 0.6) is 5.88 Å². The number of hydrogen-bond acceptors (Lipinski definition) is 5. The van der Waals surface area contributed by atoms with E-state index in [2.05, 4.69) is 15.3 Å². The van der Waals surface area contributed by atoms with Gasteiger partial charge < -0.3 is 15.8 Å². The van der Waals surface area contributed by atoms with Crippen molar-refractivity contribution < 1.29 is 9.53 Å². The molecule has 0 saturated heterocycles. The number of nitrogens with two attached hydrogens (primary N) is 1. The van der Waals surface area contributed by atoms with Gasteiger partial charge in [-0.25, -0.2) is 9.97 Å². The fourth-order valence-electron chi connectivity index (χ4n) is 1.25. The van der Waals surface area contributed by atoms with Crippen LogP contribution >= 0.6 is 0 Å². The highest BCUT2D eigenvalue weighted by molar-refractivity contribution is 5.76. The van der Waals surface area contributed by atoms with Crippen molar-refractivity contribution in [3.8, 4) is 5.88 Å². The van der Waals surface area contributed by atoms with Crippen LogP contribution in [0.1, 0.15) is 26.0 Å². The lowest BCUT2D eigenvalue weighted by atomic mass is 10.1. The maximum Gasteiger partial charge on any atom is 0.223 e. The summed E-state index contributed by atoms with van der Waals surface area (Å²) in [6.07, 6.45) is 1.70. The molecule has 0 aliphatic heterocycles. The number of aromatic nitrogens is 2. The molecule has 0 radical (unpaired) electrons. The monoisotopic (exact) mass is 252 g/mol. The molecule has 1 aromatic heterocycles. The van der Waals surface area contributed by atoms with Crippen LogP contribution in [0.25, 0.3) is 0 Å². The maximum absolute atomic E-state index is 11.6. The van der Waals surface area contributed by atoms with E-state index in [9.17, 15) is 4.79 Å². The van der Waals surface area contributed by atoms with E-state index in [4.69, 9.17) is 10.5 Å². The molecule has 1 aromatic rings. The van der Waals surface area contributed by atoms with Crippen molar-refractivity contribution >= 4 is 5.91 Å². The van der Waals surface area contributed by atoms with Gasteiger partial charge >= 0.3 is 0 Å². The molecule has 18 heavy (non-hydrogen) atoms. The molecule has 0 spiro atoms. The van der Waals surface area contributed by atoms with Gasteiger partial charge in [0.15, 0.2) is 0 Å². The van der Waals surface area contributed by atoms with Gasteiger partial charge in [0.2, 0.25) is 11.8 Å². The van der Waals surface area contributed by atoms with Gasteiger partial charge in [-0.1, -0.05) is 0 Å². The molecule has 3 N–H and O–H groups in total. The molecule has 0 atom stereocenters. The van der Waals surface area contributed by atoms with Crippen molar-refractivity contribution in [3.63, 3.8) is 0 Å². The van der Waals surface area contributed by atoms with Crippen LogP contribution in [-0.4, -0.2) is 34.6 Å². The normalized spacial score (nSPS) is 11.1. The van der Waals surface area contributed by atoms with Crippen molar-refractivity contribution in [2.45, 2.75) is 32.7 Å². The van der Waals surface area contributed by atoms with Gasteiger partial charge in [0.1, 0.15) is 6.33 Å². The zero-order chi connectivity index (χ0) is 13.6. The average molecular weight is 252 g/mol. The smallest absolute Gasteiger partial charge is 0.223 e. The molecule has 0 aromatic carbocycles. The van der Waals surface area contributed by atoms with Crippen LogP contribution in [0.4, 0.5) is 0 Å². The van der Waals surface area contributed by atoms with E-state index in [0.29, 0.717) is 12.4 Å². The molecule has 0 aliphatic rings. The van der Waals surface area contributed by atoms with E-state index in [1.165, 1.54) is 6.33 Å². The van der Waals surface area contributed by atoms with Gasteiger partial charge in [-0.15, -0.1) is 0 Å². The predicted molar refractivity (Wildman–Crippen MR) is 68.2 cm³/mol. The second-order valence-electron chi connectivity index (χ2n) is 4.73. The molecule has 1 rings (SSSR count). The Hall–Kier alpha value is -1.69. The SMILES string of the molecule is Cc1cc(OCCC(=O)NC(C)(C)CN)ncn1. The number of hydrogen-bond donors (Lipinski definition) is 2. The van der Waals surface area contributed by atoms with Gasteiger partial charge in [0.05, 0.1) is 13.0 Å². The number of carbonyl (C=O) groups is 1. The molecule has 1 heterocycles. The summed E-state index contributed by atoms with van der Waals surface area (Å²) in [6.45, 7) is 6.28. The van der Waals surface area contributed by atoms with E-state index in [-0.39, 0.29) is 24.5 Å². The van der Waals surface area contributed by atoms with Crippen LogP contribution < -0.4 is 15.8 Å². The lowest BCUT2D eigenvalue weighted by Crippen LogP contribution is -2.49. The zero-order valence-corrected chi connectivity index (χ0v) is 11.1. The number of aryl methyl sites for hydroxylation is 1. The fourth-order valence-corrected chi connectivity index (χ4v) is 1.25. The van der Waals surface area contributed by atoms with Crippen LogP contribution in [0, 0.1) is 6.92 Å². The topological polar surface area (TPSA) is 90.1 Å². The van der Waals surface area contributed by atoms with Crippen LogP contribution in [0.2, 0.25) is 0 Å². The molecule has 6 nitrogen and oxygen atoms in total. The first-order valence-corrected chi connectivity index (χ1v) is 5.85. The van der Waals surface area contributed by atoms with Gasteiger partial charge in [-0.3, -0.25) is 4.79 Å². The van der Waals surface area contributed by atoms with E-state index in [1.807, 2.05) is 20.8 Å². The minimum Gasteiger partial charge on any atom is -0.477 e. The molecule has 0 saturated carbocycles. The van der Waals surface area contributed by atoms with E-state index >= 15 is 0 Å². The number of nitrogens with zero attached hydrogens (tertiary/aromatic N) is 2. The van der Waals surface area contributed by atoms with Gasteiger partial charge in [0, 0.05) is 23.8 Å². The lowest BCUT2D eigenvalue weighted by molar-refractivity contribution is -0.123. The molecule has 100 valence electrons. The molecular formula is C12H20N4O2. The third-order valence-corrected chi connectivity index (χ3v) is 2.35. The molecule has 6 heteroatoms. The summed E-state index contributed by atoms with van der Waals surface area (Å²) in [6, 6.07) is 1.72. The summed E-state index contributed by atoms with van der Waals surface area (Å²) in [4.78, 5) is 19.5. The van der Waals surface area contributed by atoms with E-state index < -0.39 is 0 Å². The van der Waals surface area contributed by atoms with Crippen molar-refractivity contribution in [2.24, 2.45) is 5.73 Å². The highest BCUT2D eigenvalue weighted by Gasteiger charge is 2.17. The highest BCUT2D eigenvalue weighted by Crippen LogP contribution is 2.06. The van der Waals surface area contributed by atoms with Gasteiger partial charge in [0.25, 0.3) is 0 Å². The highest BCUT2D eigenvalue weighted by atomic mass is 16.5. The van der Waals surface area contributed by atoms with Gasteiger partial charge in [-0.05, 0) is 20.8 Å². The molecule has 0 bridgehead atoms. The second-order valence-corrected chi connectivity index (χ2v) is 4.73. The predicted octanol–water partition coefficient (Wildman–Crippen LogP) is 0.407. The van der Waals surface area contributed by atoms with Crippen molar-refractivity contribution in [3.05, 3.63) is 18.1 Å². The quantitative estimate of drug-likeness (QED) is 0.765. The van der Waals surface area contributed by atoms with Crippen LogP contribution in [0.15, 0.2) is 12.4 Å². The first-order chi connectivity index (χ1) is 8.43. The lowest BCUT2D eigenvalue weighted by Gasteiger charge is -2.24. The van der Waals surface area contributed by atoms with Gasteiger partial charge in [-0.2, -0.15) is 0 Å². The number of nitrogens with one attached hydrogen (secondary N) is 1. The van der Waals surface area contributed by atoms with Crippen molar-refractivity contribution in [2.75, 3.05) is 13.2 Å². The average Bonchev–Trinajstić information content (AvgIpc) is 2.28. The Kier molecular flexibility index (Phi) is 5.03. The van der Waals surface area contributed by atoms with E-state index in [0.717, 1.165) is 5.69 Å². The molecule has 1 amide bonds. The summed E-state index contributed by atoms with van der Waals surface area (Å²) in [5, 5.41) is 2.83. The molecule has 0 aliphatic carbocycles. The number of ether oxygens (including phenoxy) is 1. The minimum absolute atomic E-state index is 0.0868. The zero-order valence-electron chi connectivity index (χ0n) is 11.1. The number of rotatable bonds is 6. The summed E-state index contributed by atoms with van der Waals surface area (Å²) in [7, 11) is 0. The maximum atomic E-state index is 11.6. The Morgan fingerprint density at radius 1 is 1.50 bits per heavy atom. The minimum atomic E-state index is -0.386. The molecule has 0 fully saturated rings. The standard InChI is InChI=1S/C12H20N4O2/c1-9-6-11(15-8-14-9)18-5-4-10(17)16-12(2,3)7-13/h6,8H,4-5,7,13H2,1-3H3,(H,16,17). The third-order valence-electron chi connectivity index (χ3n) is 2.35.